The van der Waals surface area contributed by atoms with Crippen LogP contribution in [0.1, 0.15) is 112 Å². The number of H-pyrrole nitrogens is 2. The van der Waals surface area contributed by atoms with Crippen LogP contribution in [0, 0.1) is 17.8 Å². The topological polar surface area (TPSA) is 127 Å². The van der Waals surface area contributed by atoms with Gasteiger partial charge in [-0.1, -0.05) is 82.3 Å². The van der Waals surface area contributed by atoms with Gasteiger partial charge < -0.3 is 25.5 Å². The van der Waals surface area contributed by atoms with Gasteiger partial charge in [0.05, 0.1) is 35.7 Å². The minimum absolute atomic E-state index is 0.0179. The number of carbonyl (C=O) groups excluding carboxylic acids is 2. The maximum atomic E-state index is 14.4. The number of benzene rings is 3. The smallest absolute Gasteiger partial charge is 0.245 e. The minimum Gasteiger partial charge on any atom is -0.344 e. The zero-order chi connectivity index (χ0) is 39.4. The SMILES string of the molecule is CC1CC(c2nc3c([nH]2)CCC(c2ccc4cc(-c5cnc(C6CC(C)CN6C(=O)C(c6ccccc6)N6CCCC6)[nH]5)ccc4c2)=C3)N(C(=O)C(N)C(C)C)C1. The van der Waals surface area contributed by atoms with Gasteiger partial charge in [0, 0.05) is 24.3 Å². The summed E-state index contributed by atoms with van der Waals surface area (Å²) in [6, 6.07) is 22.7. The fourth-order valence-electron chi connectivity index (χ4n) is 9.78. The van der Waals surface area contributed by atoms with Gasteiger partial charge in [0.15, 0.2) is 0 Å². The van der Waals surface area contributed by atoms with E-state index in [0.29, 0.717) is 18.4 Å². The number of aromatic amines is 2. The molecule has 0 saturated carbocycles. The highest BCUT2D eigenvalue weighted by Gasteiger charge is 2.42. The van der Waals surface area contributed by atoms with Crippen molar-refractivity contribution in [2.45, 2.75) is 90.4 Å². The first-order valence-corrected chi connectivity index (χ1v) is 21.2. The van der Waals surface area contributed by atoms with Crippen molar-refractivity contribution in [3.05, 3.63) is 107 Å². The van der Waals surface area contributed by atoms with Crippen molar-refractivity contribution >= 4 is 34.2 Å². The zero-order valence-electron chi connectivity index (χ0n) is 33.7. The number of aromatic nitrogens is 4. The third kappa shape index (κ3) is 7.23. The van der Waals surface area contributed by atoms with Gasteiger partial charge in [0.2, 0.25) is 11.8 Å². The Morgan fingerprint density at radius 3 is 2.14 bits per heavy atom. The molecule has 0 bridgehead atoms. The van der Waals surface area contributed by atoms with Crippen LogP contribution >= 0.6 is 0 Å². The molecule has 4 aliphatic rings. The standard InChI is InChI=1S/C47H56N8O2/c1-28(2)42(48)46(56)54-26-30(4)21-41(54)45-50-37-17-16-35(24-38(37)51-45)33-12-13-34-23-36(15-14-32(34)22-33)39-25-49-44(52-39)40-20-29(3)27-55(40)47(57)43(53-18-8-9-19-53)31-10-6-5-7-11-31/h5-7,10-15,22-25,28-30,40-43H,8-9,16-21,26-27,48H2,1-4H3,(H,49,52)(H,50,51). The van der Waals surface area contributed by atoms with Crippen LogP contribution in [0.4, 0.5) is 0 Å². The number of amides is 2. The number of rotatable bonds is 9. The minimum atomic E-state index is -0.503. The third-order valence-electron chi connectivity index (χ3n) is 13.0. The molecule has 10 heteroatoms. The normalized spacial score (nSPS) is 23.6. The second kappa shape index (κ2) is 15.4. The lowest BCUT2D eigenvalue weighted by molar-refractivity contribution is -0.138. The van der Waals surface area contributed by atoms with Crippen LogP contribution in [0.25, 0.3) is 33.7 Å². The highest BCUT2D eigenvalue weighted by Crippen LogP contribution is 2.40. The van der Waals surface area contributed by atoms with E-state index in [1.165, 1.54) is 16.5 Å². The Labute approximate surface area is 335 Å². The van der Waals surface area contributed by atoms with Crippen LogP contribution in [-0.2, 0) is 16.0 Å². The lowest BCUT2D eigenvalue weighted by Gasteiger charge is -2.33. The maximum Gasteiger partial charge on any atom is 0.245 e. The highest BCUT2D eigenvalue weighted by molar-refractivity contribution is 5.92. The molecule has 0 spiro atoms. The number of nitrogens with two attached hydrogens (primary N) is 1. The van der Waals surface area contributed by atoms with E-state index >= 15 is 0 Å². The number of carbonyl (C=O) groups is 2. The first-order valence-electron chi connectivity index (χ1n) is 21.2. The van der Waals surface area contributed by atoms with Crippen molar-refractivity contribution in [2.24, 2.45) is 23.5 Å². The van der Waals surface area contributed by atoms with Crippen molar-refractivity contribution in [3.63, 3.8) is 0 Å². The molecule has 4 N–H and O–H groups in total. The third-order valence-corrected chi connectivity index (χ3v) is 13.0. The van der Waals surface area contributed by atoms with Gasteiger partial charge in [-0.3, -0.25) is 14.5 Å². The molecule has 2 aromatic heterocycles. The lowest BCUT2D eigenvalue weighted by atomic mass is 9.92. The quantitative estimate of drug-likeness (QED) is 0.139. The molecular weight excluding hydrogens is 709 g/mol. The maximum absolute atomic E-state index is 14.4. The fourth-order valence-corrected chi connectivity index (χ4v) is 9.78. The second-order valence-corrected chi connectivity index (χ2v) is 17.6. The number of nitrogens with one attached hydrogen (secondary N) is 2. The second-order valence-electron chi connectivity index (χ2n) is 17.6. The predicted molar refractivity (Wildman–Crippen MR) is 226 cm³/mol. The van der Waals surface area contributed by atoms with E-state index in [9.17, 15) is 9.59 Å². The van der Waals surface area contributed by atoms with Gasteiger partial charge in [-0.05, 0) is 115 Å². The zero-order valence-corrected chi connectivity index (χ0v) is 33.7. The lowest BCUT2D eigenvalue weighted by Crippen LogP contribution is -2.46. The molecule has 3 aromatic carbocycles. The first-order chi connectivity index (χ1) is 27.6. The van der Waals surface area contributed by atoms with Crippen molar-refractivity contribution in [1.29, 1.82) is 0 Å². The van der Waals surface area contributed by atoms with Crippen LogP contribution < -0.4 is 5.73 Å². The Morgan fingerprint density at radius 2 is 1.44 bits per heavy atom. The average Bonchev–Trinajstić information content (AvgIpc) is 4.07. The van der Waals surface area contributed by atoms with Crippen LogP contribution in [0.5, 0.6) is 0 Å². The summed E-state index contributed by atoms with van der Waals surface area (Å²) in [7, 11) is 0. The van der Waals surface area contributed by atoms with Crippen LogP contribution in [-0.4, -0.2) is 78.7 Å². The summed E-state index contributed by atoms with van der Waals surface area (Å²) in [4.78, 5) is 51.4. The summed E-state index contributed by atoms with van der Waals surface area (Å²) >= 11 is 0. The molecule has 5 heterocycles. The van der Waals surface area contributed by atoms with Gasteiger partial charge in [0.1, 0.15) is 17.7 Å². The molecule has 3 saturated heterocycles. The molecule has 296 valence electrons. The summed E-state index contributed by atoms with van der Waals surface area (Å²) in [5.74, 6) is 2.81. The van der Waals surface area contributed by atoms with Crippen molar-refractivity contribution < 1.29 is 9.59 Å². The summed E-state index contributed by atoms with van der Waals surface area (Å²) in [5, 5.41) is 2.34. The van der Waals surface area contributed by atoms with Crippen LogP contribution in [0.2, 0.25) is 0 Å². The molecule has 57 heavy (non-hydrogen) atoms. The van der Waals surface area contributed by atoms with Crippen LogP contribution in [0.15, 0.2) is 72.9 Å². The Bertz CT molecular complexity index is 2300. The number of allylic oxidation sites excluding steroid dienone is 1. The number of fused-ring (bicyclic) bond motifs is 2. The monoisotopic (exact) mass is 764 g/mol. The van der Waals surface area contributed by atoms with Crippen molar-refractivity contribution in [1.82, 2.24) is 34.6 Å². The molecule has 3 fully saturated rings. The Morgan fingerprint density at radius 1 is 0.789 bits per heavy atom. The molecule has 9 rings (SSSR count). The number of hydrogen-bond donors (Lipinski definition) is 3. The summed E-state index contributed by atoms with van der Waals surface area (Å²) in [6.07, 6.45) is 9.98. The Kier molecular flexibility index (Phi) is 10.1. The number of nitrogens with zero attached hydrogens (tertiary/aromatic N) is 5. The number of likely N-dealkylation sites (tertiary alicyclic amines) is 3. The molecule has 6 atom stereocenters. The Hall–Kier alpha value is -5.06. The molecule has 2 amide bonds. The van der Waals surface area contributed by atoms with E-state index < -0.39 is 6.04 Å². The molecule has 10 nitrogen and oxygen atoms in total. The van der Waals surface area contributed by atoms with Gasteiger partial charge >= 0.3 is 0 Å². The molecular formula is C47H56N8O2. The molecule has 3 aliphatic heterocycles. The van der Waals surface area contributed by atoms with E-state index in [4.69, 9.17) is 15.7 Å². The predicted octanol–water partition coefficient (Wildman–Crippen LogP) is 8.08. The summed E-state index contributed by atoms with van der Waals surface area (Å²) in [6.45, 7) is 11.8. The average molecular weight is 765 g/mol. The molecule has 1 aliphatic carbocycles. The van der Waals surface area contributed by atoms with E-state index in [-0.39, 0.29) is 35.9 Å². The number of aryl methyl sites for hydroxylation is 1. The first kappa shape index (κ1) is 37.5. The van der Waals surface area contributed by atoms with E-state index in [1.807, 2.05) is 43.1 Å². The van der Waals surface area contributed by atoms with Crippen molar-refractivity contribution in [3.8, 4) is 11.3 Å². The molecule has 6 unspecified atom stereocenters. The van der Waals surface area contributed by atoms with E-state index in [2.05, 4.69) is 88.2 Å². The van der Waals surface area contributed by atoms with Gasteiger partial charge in [0.25, 0.3) is 0 Å². The fraction of sp³-hybridized carbons (Fsp3) is 0.447. The number of hydrogen-bond acceptors (Lipinski definition) is 6. The van der Waals surface area contributed by atoms with E-state index in [1.54, 1.807) is 0 Å². The summed E-state index contributed by atoms with van der Waals surface area (Å²) in [5.41, 5.74) is 14.0. The van der Waals surface area contributed by atoms with Gasteiger partial charge in [-0.25, -0.2) is 9.97 Å². The van der Waals surface area contributed by atoms with Crippen molar-refractivity contribution in [2.75, 3.05) is 26.2 Å². The summed E-state index contributed by atoms with van der Waals surface area (Å²) < 4.78 is 0. The largest absolute Gasteiger partial charge is 0.344 e. The van der Waals surface area contributed by atoms with Gasteiger partial charge in [-0.15, -0.1) is 0 Å². The van der Waals surface area contributed by atoms with Crippen LogP contribution in [0.3, 0.4) is 0 Å². The highest BCUT2D eigenvalue weighted by atomic mass is 16.2. The Balaban J connectivity index is 0.926. The number of imidazole rings is 2. The van der Waals surface area contributed by atoms with Gasteiger partial charge in [-0.2, -0.15) is 0 Å². The molecule has 0 radical (unpaired) electrons. The molecule has 5 aromatic rings. The van der Waals surface area contributed by atoms with E-state index in [0.717, 1.165) is 103 Å².